The van der Waals surface area contributed by atoms with Crippen LogP contribution in [0.5, 0.6) is 5.75 Å². The SMILES string of the molecule is O=C(CCC(=O)Oc1c(I)cc(I)cc1I)OCCS(=O)(=O)O. The van der Waals surface area contributed by atoms with E-state index in [2.05, 4.69) is 72.5 Å². The van der Waals surface area contributed by atoms with Crippen LogP contribution in [0.1, 0.15) is 12.8 Å². The van der Waals surface area contributed by atoms with E-state index in [0.717, 1.165) is 10.7 Å². The largest absolute Gasteiger partial charge is 0.464 e. The molecule has 23 heavy (non-hydrogen) atoms. The molecule has 1 aromatic carbocycles. The fourth-order valence-electron chi connectivity index (χ4n) is 1.33. The summed E-state index contributed by atoms with van der Waals surface area (Å²) in [4.78, 5) is 23.1. The molecule has 11 heteroatoms. The summed E-state index contributed by atoms with van der Waals surface area (Å²) in [5.41, 5.74) is 0. The van der Waals surface area contributed by atoms with E-state index in [4.69, 9.17) is 9.29 Å². The first-order valence-electron chi connectivity index (χ1n) is 6.04. The maximum Gasteiger partial charge on any atom is 0.311 e. The van der Waals surface area contributed by atoms with Crippen molar-refractivity contribution in [3.8, 4) is 5.75 Å². The van der Waals surface area contributed by atoms with Crippen LogP contribution in [0.4, 0.5) is 0 Å². The van der Waals surface area contributed by atoms with Gasteiger partial charge < -0.3 is 9.47 Å². The van der Waals surface area contributed by atoms with Gasteiger partial charge in [0.2, 0.25) is 0 Å². The molecule has 0 saturated carbocycles. The zero-order valence-corrected chi connectivity index (χ0v) is 18.7. The molecule has 7 nitrogen and oxygen atoms in total. The van der Waals surface area contributed by atoms with E-state index in [0.29, 0.717) is 5.75 Å². The maximum absolute atomic E-state index is 11.8. The van der Waals surface area contributed by atoms with Crippen molar-refractivity contribution in [3.05, 3.63) is 22.8 Å². The van der Waals surface area contributed by atoms with Gasteiger partial charge in [-0.1, -0.05) is 0 Å². The molecular weight excluding hydrogens is 669 g/mol. The normalized spacial score (nSPS) is 11.1. The van der Waals surface area contributed by atoms with Gasteiger partial charge >= 0.3 is 11.9 Å². The molecule has 0 heterocycles. The standard InChI is InChI=1S/C12H11I3O7S/c13-7-5-8(14)12(9(15)6-7)22-11(17)2-1-10(16)21-3-4-23(18,19)20/h5-6H,1-4H2,(H,18,19,20). The van der Waals surface area contributed by atoms with Gasteiger partial charge in [-0.25, -0.2) is 0 Å². The fraction of sp³-hybridized carbons (Fsp3) is 0.333. The number of carbonyl (C=O) groups is 2. The molecule has 1 aromatic rings. The lowest BCUT2D eigenvalue weighted by molar-refractivity contribution is -0.146. The van der Waals surface area contributed by atoms with Crippen molar-refractivity contribution >= 4 is 89.8 Å². The van der Waals surface area contributed by atoms with Gasteiger partial charge in [0.25, 0.3) is 10.1 Å². The Labute approximate surface area is 174 Å². The number of hydrogen-bond acceptors (Lipinski definition) is 6. The van der Waals surface area contributed by atoms with Gasteiger partial charge in [-0.3, -0.25) is 14.1 Å². The molecule has 128 valence electrons. The van der Waals surface area contributed by atoms with Gasteiger partial charge in [0.15, 0.2) is 5.75 Å². The Kier molecular flexibility index (Phi) is 8.95. The van der Waals surface area contributed by atoms with Crippen LogP contribution in [0.25, 0.3) is 0 Å². The molecule has 0 spiro atoms. The van der Waals surface area contributed by atoms with E-state index in [1.165, 1.54) is 0 Å². The smallest absolute Gasteiger partial charge is 0.311 e. The Morgan fingerprint density at radius 2 is 1.57 bits per heavy atom. The fourth-order valence-corrected chi connectivity index (χ4v) is 5.43. The Morgan fingerprint density at radius 1 is 1.04 bits per heavy atom. The lowest BCUT2D eigenvalue weighted by Gasteiger charge is -2.09. The highest BCUT2D eigenvalue weighted by molar-refractivity contribution is 14.1. The van der Waals surface area contributed by atoms with Crippen LogP contribution in [0, 0.1) is 10.7 Å². The molecule has 0 amide bonds. The predicted molar refractivity (Wildman–Crippen MR) is 107 cm³/mol. The molecule has 0 radical (unpaired) electrons. The molecule has 0 saturated heterocycles. The van der Waals surface area contributed by atoms with Gasteiger partial charge in [0.05, 0.1) is 20.0 Å². The van der Waals surface area contributed by atoms with E-state index in [-0.39, 0.29) is 12.8 Å². The second kappa shape index (κ2) is 9.67. The average Bonchev–Trinajstić information content (AvgIpc) is 2.39. The molecule has 1 N–H and O–H groups in total. The minimum absolute atomic E-state index is 0.192. The summed E-state index contributed by atoms with van der Waals surface area (Å²) in [5, 5.41) is 0. The zero-order chi connectivity index (χ0) is 17.6. The number of halogens is 3. The Hall–Kier alpha value is 0.260. The molecule has 1 rings (SSSR count). The Balaban J connectivity index is 2.45. The van der Waals surface area contributed by atoms with Crippen molar-refractivity contribution in [1.82, 2.24) is 0 Å². The summed E-state index contributed by atoms with van der Waals surface area (Å²) in [5.74, 6) is -1.56. The minimum Gasteiger partial charge on any atom is -0.464 e. The quantitative estimate of drug-likeness (QED) is 0.205. The number of ether oxygens (including phenoxy) is 2. The molecular formula is C12H11I3O7S. The Morgan fingerprint density at radius 3 is 2.09 bits per heavy atom. The molecule has 0 aliphatic carbocycles. The molecule has 0 fully saturated rings. The van der Waals surface area contributed by atoms with Crippen molar-refractivity contribution in [1.29, 1.82) is 0 Å². The summed E-state index contributed by atoms with van der Waals surface area (Å²) >= 11 is 6.26. The first-order valence-corrected chi connectivity index (χ1v) is 10.9. The van der Waals surface area contributed by atoms with Crippen molar-refractivity contribution in [3.63, 3.8) is 0 Å². The summed E-state index contributed by atoms with van der Waals surface area (Å²) in [7, 11) is -4.18. The molecule has 0 aliphatic rings. The highest BCUT2D eigenvalue weighted by atomic mass is 127. The molecule has 0 aliphatic heterocycles. The summed E-state index contributed by atoms with van der Waals surface area (Å²) in [6.07, 6.45) is -0.426. The molecule has 0 unspecified atom stereocenters. The lowest BCUT2D eigenvalue weighted by atomic mass is 10.3. The van der Waals surface area contributed by atoms with Crippen LogP contribution in [0.3, 0.4) is 0 Å². The highest BCUT2D eigenvalue weighted by Gasteiger charge is 2.15. The average molecular weight is 680 g/mol. The van der Waals surface area contributed by atoms with Crippen LogP contribution in [0.15, 0.2) is 12.1 Å². The highest BCUT2D eigenvalue weighted by Crippen LogP contribution is 2.29. The maximum atomic E-state index is 11.8. The summed E-state index contributed by atoms with van der Waals surface area (Å²) in [6, 6.07) is 3.71. The van der Waals surface area contributed by atoms with E-state index in [9.17, 15) is 18.0 Å². The van der Waals surface area contributed by atoms with Gasteiger partial charge in [0.1, 0.15) is 12.4 Å². The first kappa shape index (κ1) is 21.3. The number of carbonyl (C=O) groups excluding carboxylic acids is 2. The van der Waals surface area contributed by atoms with Crippen molar-refractivity contribution < 1.29 is 32.0 Å². The topological polar surface area (TPSA) is 107 Å². The third-order valence-corrected chi connectivity index (χ3v) is 5.22. The van der Waals surface area contributed by atoms with Crippen molar-refractivity contribution in [2.24, 2.45) is 0 Å². The van der Waals surface area contributed by atoms with Crippen LogP contribution in [0.2, 0.25) is 0 Å². The second-order valence-electron chi connectivity index (χ2n) is 4.18. The van der Waals surface area contributed by atoms with Crippen LogP contribution >= 0.6 is 67.8 Å². The van der Waals surface area contributed by atoms with Gasteiger partial charge in [-0.05, 0) is 79.9 Å². The number of esters is 2. The van der Waals surface area contributed by atoms with Crippen LogP contribution in [-0.4, -0.2) is 37.3 Å². The van der Waals surface area contributed by atoms with Gasteiger partial charge in [-0.15, -0.1) is 0 Å². The third-order valence-electron chi connectivity index (χ3n) is 2.32. The summed E-state index contributed by atoms with van der Waals surface area (Å²) < 4.78 is 41.8. The first-order chi connectivity index (χ1) is 10.6. The van der Waals surface area contributed by atoms with Gasteiger partial charge in [0, 0.05) is 3.57 Å². The van der Waals surface area contributed by atoms with E-state index in [1.54, 1.807) is 0 Å². The molecule has 0 bridgehead atoms. The molecule has 0 aromatic heterocycles. The third kappa shape index (κ3) is 8.78. The lowest BCUT2D eigenvalue weighted by Crippen LogP contribution is -2.17. The number of hydrogen-bond donors (Lipinski definition) is 1. The molecule has 0 atom stereocenters. The Bertz CT molecular complexity index is 680. The van der Waals surface area contributed by atoms with E-state index >= 15 is 0 Å². The summed E-state index contributed by atoms with van der Waals surface area (Å²) in [6.45, 7) is -0.459. The van der Waals surface area contributed by atoms with E-state index < -0.39 is 34.4 Å². The van der Waals surface area contributed by atoms with Crippen LogP contribution in [-0.2, 0) is 24.4 Å². The number of rotatable bonds is 7. The van der Waals surface area contributed by atoms with E-state index in [1.807, 2.05) is 12.1 Å². The minimum atomic E-state index is -4.18. The van der Waals surface area contributed by atoms with Crippen molar-refractivity contribution in [2.75, 3.05) is 12.4 Å². The number of benzene rings is 1. The zero-order valence-electron chi connectivity index (χ0n) is 11.4. The van der Waals surface area contributed by atoms with Crippen LogP contribution < -0.4 is 4.74 Å². The van der Waals surface area contributed by atoms with Gasteiger partial charge in [-0.2, -0.15) is 8.42 Å². The second-order valence-corrected chi connectivity index (χ2v) is 9.32. The monoisotopic (exact) mass is 680 g/mol. The van der Waals surface area contributed by atoms with Crippen molar-refractivity contribution in [2.45, 2.75) is 12.8 Å². The predicted octanol–water partition coefficient (Wildman–Crippen LogP) is 2.62.